The summed E-state index contributed by atoms with van der Waals surface area (Å²) in [5.74, 6) is 0. The maximum absolute atomic E-state index is 4.37. The van der Waals surface area contributed by atoms with Gasteiger partial charge in [-0.2, -0.15) is 5.10 Å². The van der Waals surface area contributed by atoms with Crippen molar-refractivity contribution in [2.24, 2.45) is 7.05 Å². The minimum absolute atomic E-state index is 1.05. The number of hydrogen-bond donors (Lipinski definition) is 0. The number of hydrogen-bond acceptors (Lipinski definition) is 2. The summed E-state index contributed by atoms with van der Waals surface area (Å²) in [5, 5.41) is 5.34. The molecule has 0 fully saturated rings. The van der Waals surface area contributed by atoms with Gasteiger partial charge in [0.25, 0.3) is 0 Å². The van der Waals surface area contributed by atoms with Crippen molar-refractivity contribution in [2.75, 3.05) is 0 Å². The van der Waals surface area contributed by atoms with Crippen LogP contribution in [0, 0.1) is 13.8 Å². The Labute approximate surface area is 71.0 Å². The van der Waals surface area contributed by atoms with Crippen molar-refractivity contribution in [2.45, 2.75) is 13.8 Å². The van der Waals surface area contributed by atoms with Crippen LogP contribution in [0.1, 0.15) is 11.4 Å². The molecule has 2 heterocycles. The number of pyridine rings is 1. The first kappa shape index (κ1) is 7.28. The highest BCUT2D eigenvalue weighted by Crippen LogP contribution is 2.16. The van der Waals surface area contributed by atoms with E-state index in [-0.39, 0.29) is 0 Å². The Kier molecular flexibility index (Phi) is 1.40. The molecule has 0 aromatic carbocycles. The Morgan fingerprint density at radius 3 is 2.83 bits per heavy atom. The molecule has 0 aliphatic rings. The summed E-state index contributed by atoms with van der Waals surface area (Å²) in [5.41, 5.74) is 3.22. The van der Waals surface area contributed by atoms with Crippen LogP contribution in [0.15, 0.2) is 12.3 Å². The van der Waals surface area contributed by atoms with E-state index >= 15 is 0 Å². The van der Waals surface area contributed by atoms with Crippen molar-refractivity contribution in [1.82, 2.24) is 14.8 Å². The molecule has 0 spiro atoms. The maximum atomic E-state index is 4.37. The largest absolute Gasteiger partial charge is 0.266 e. The normalized spacial score (nSPS) is 10.9. The third kappa shape index (κ3) is 0.897. The van der Waals surface area contributed by atoms with Crippen molar-refractivity contribution in [3.8, 4) is 0 Å². The summed E-state index contributed by atoms with van der Waals surface area (Å²) in [4.78, 5) is 4.37. The summed E-state index contributed by atoms with van der Waals surface area (Å²) >= 11 is 0. The van der Waals surface area contributed by atoms with Crippen molar-refractivity contribution in [1.29, 1.82) is 0 Å². The van der Waals surface area contributed by atoms with Crippen LogP contribution in [0.2, 0.25) is 0 Å². The molecule has 3 nitrogen and oxygen atoms in total. The van der Waals surface area contributed by atoms with Crippen LogP contribution in [-0.2, 0) is 7.05 Å². The van der Waals surface area contributed by atoms with E-state index in [2.05, 4.69) is 16.1 Å². The third-order valence-corrected chi connectivity index (χ3v) is 2.02. The van der Waals surface area contributed by atoms with E-state index in [0.717, 1.165) is 16.9 Å². The quantitative estimate of drug-likeness (QED) is 0.587. The van der Waals surface area contributed by atoms with Crippen LogP contribution in [0.5, 0.6) is 0 Å². The van der Waals surface area contributed by atoms with Gasteiger partial charge in [-0.1, -0.05) is 0 Å². The zero-order chi connectivity index (χ0) is 8.72. The number of rotatable bonds is 0. The molecule has 2 aromatic rings. The Bertz CT molecular complexity index is 429. The van der Waals surface area contributed by atoms with E-state index < -0.39 is 0 Å². The molecular formula is C9H11N3. The van der Waals surface area contributed by atoms with E-state index in [9.17, 15) is 0 Å². The first-order valence-electron chi connectivity index (χ1n) is 3.94. The molecule has 0 aliphatic heterocycles. The van der Waals surface area contributed by atoms with Gasteiger partial charge in [-0.05, 0) is 19.9 Å². The van der Waals surface area contributed by atoms with Crippen LogP contribution in [0.25, 0.3) is 10.9 Å². The molecule has 2 rings (SSSR count). The number of nitrogens with zero attached hydrogens (tertiary/aromatic N) is 3. The van der Waals surface area contributed by atoms with Crippen LogP contribution >= 0.6 is 0 Å². The van der Waals surface area contributed by atoms with Crippen molar-refractivity contribution < 1.29 is 0 Å². The van der Waals surface area contributed by atoms with Gasteiger partial charge >= 0.3 is 0 Å². The van der Waals surface area contributed by atoms with E-state index in [4.69, 9.17) is 0 Å². The summed E-state index contributed by atoms with van der Waals surface area (Å²) < 4.78 is 1.86. The van der Waals surface area contributed by atoms with Gasteiger partial charge in [-0.25, -0.2) is 0 Å². The van der Waals surface area contributed by atoms with E-state index in [1.807, 2.05) is 31.8 Å². The van der Waals surface area contributed by atoms with E-state index in [1.54, 1.807) is 0 Å². The van der Waals surface area contributed by atoms with Gasteiger partial charge in [0.05, 0.1) is 17.4 Å². The Morgan fingerprint density at radius 1 is 1.33 bits per heavy atom. The predicted octanol–water partition coefficient (Wildman–Crippen LogP) is 1.59. The van der Waals surface area contributed by atoms with Crippen LogP contribution in [-0.4, -0.2) is 14.8 Å². The standard InChI is InChI=1S/C9H11N3/c1-6-4-8-5-10-12(3)9(8)7(2)11-6/h4-5H,1-3H3. The molecule has 62 valence electrons. The van der Waals surface area contributed by atoms with Gasteiger partial charge in [0.15, 0.2) is 0 Å². The summed E-state index contributed by atoms with van der Waals surface area (Å²) in [6, 6.07) is 2.05. The van der Waals surface area contributed by atoms with E-state index in [0.29, 0.717) is 0 Å². The molecular weight excluding hydrogens is 150 g/mol. The fourth-order valence-corrected chi connectivity index (χ4v) is 1.58. The fourth-order valence-electron chi connectivity index (χ4n) is 1.58. The molecule has 3 heteroatoms. The number of fused-ring (bicyclic) bond motifs is 1. The second-order valence-electron chi connectivity index (χ2n) is 3.06. The van der Waals surface area contributed by atoms with Gasteiger partial charge in [-0.3, -0.25) is 9.67 Å². The number of aromatic nitrogens is 3. The molecule has 0 atom stereocenters. The molecule has 0 saturated carbocycles. The van der Waals surface area contributed by atoms with Crippen molar-refractivity contribution in [3.05, 3.63) is 23.7 Å². The molecule has 2 aromatic heterocycles. The zero-order valence-electron chi connectivity index (χ0n) is 7.50. The average molecular weight is 161 g/mol. The Balaban J connectivity index is 2.93. The highest BCUT2D eigenvalue weighted by atomic mass is 15.3. The topological polar surface area (TPSA) is 30.7 Å². The summed E-state index contributed by atoms with van der Waals surface area (Å²) in [7, 11) is 1.94. The molecule has 12 heavy (non-hydrogen) atoms. The molecule has 0 aliphatic carbocycles. The minimum atomic E-state index is 1.05. The van der Waals surface area contributed by atoms with Gasteiger partial charge in [-0.15, -0.1) is 0 Å². The molecule has 0 saturated heterocycles. The smallest absolute Gasteiger partial charge is 0.0891 e. The first-order chi connectivity index (χ1) is 5.68. The van der Waals surface area contributed by atoms with Gasteiger partial charge < -0.3 is 0 Å². The lowest BCUT2D eigenvalue weighted by Crippen LogP contribution is -1.94. The van der Waals surface area contributed by atoms with E-state index in [1.165, 1.54) is 5.39 Å². The Hall–Kier alpha value is -1.38. The lowest BCUT2D eigenvalue weighted by Gasteiger charge is -1.99. The summed E-state index contributed by atoms with van der Waals surface area (Å²) in [6.07, 6.45) is 1.87. The van der Waals surface area contributed by atoms with Crippen molar-refractivity contribution >= 4 is 10.9 Å². The Morgan fingerprint density at radius 2 is 2.08 bits per heavy atom. The van der Waals surface area contributed by atoms with Crippen LogP contribution < -0.4 is 0 Å². The van der Waals surface area contributed by atoms with Gasteiger partial charge in [0.2, 0.25) is 0 Å². The number of aryl methyl sites for hydroxylation is 3. The summed E-state index contributed by atoms with van der Waals surface area (Å²) in [6.45, 7) is 4.01. The lowest BCUT2D eigenvalue weighted by atomic mass is 10.2. The van der Waals surface area contributed by atoms with Crippen LogP contribution in [0.3, 0.4) is 0 Å². The maximum Gasteiger partial charge on any atom is 0.0891 e. The average Bonchev–Trinajstić information content (AvgIpc) is 2.31. The van der Waals surface area contributed by atoms with Crippen LogP contribution in [0.4, 0.5) is 0 Å². The van der Waals surface area contributed by atoms with Gasteiger partial charge in [0.1, 0.15) is 0 Å². The first-order valence-corrected chi connectivity index (χ1v) is 3.94. The second kappa shape index (κ2) is 2.30. The predicted molar refractivity (Wildman–Crippen MR) is 48.0 cm³/mol. The highest BCUT2D eigenvalue weighted by molar-refractivity contribution is 5.80. The lowest BCUT2D eigenvalue weighted by molar-refractivity contribution is 0.792. The SMILES string of the molecule is Cc1cc2cnn(C)c2c(C)n1. The zero-order valence-corrected chi connectivity index (χ0v) is 7.50. The highest BCUT2D eigenvalue weighted by Gasteiger charge is 2.03. The van der Waals surface area contributed by atoms with Crippen molar-refractivity contribution in [3.63, 3.8) is 0 Å². The molecule has 0 radical (unpaired) electrons. The van der Waals surface area contributed by atoms with Gasteiger partial charge in [0, 0.05) is 18.1 Å². The molecule has 0 N–H and O–H groups in total. The fraction of sp³-hybridized carbons (Fsp3) is 0.333. The minimum Gasteiger partial charge on any atom is -0.266 e. The third-order valence-electron chi connectivity index (χ3n) is 2.02. The molecule has 0 amide bonds. The second-order valence-corrected chi connectivity index (χ2v) is 3.06. The monoisotopic (exact) mass is 161 g/mol. The molecule has 0 bridgehead atoms. The molecule has 0 unspecified atom stereocenters.